The number of methoxy groups -OCH3 is 1. The Labute approximate surface area is 189 Å². The zero-order chi connectivity index (χ0) is 22.5. The number of piperazine rings is 1. The zero-order valence-corrected chi connectivity index (χ0v) is 19.1. The number of ether oxygens (including phenoxy) is 1. The highest BCUT2D eigenvalue weighted by Gasteiger charge is 2.26. The Balaban J connectivity index is 1.26. The highest BCUT2D eigenvalue weighted by atomic mass is 16.5. The number of phenolic OH excluding ortho intramolecular Hbond substituents is 1. The quantitative estimate of drug-likeness (QED) is 0.705. The highest BCUT2D eigenvalue weighted by molar-refractivity contribution is 5.92. The molecular formula is C24H34N4O4. The lowest BCUT2D eigenvalue weighted by Crippen LogP contribution is -2.45. The van der Waals surface area contributed by atoms with Gasteiger partial charge in [-0.1, -0.05) is 25.3 Å². The summed E-state index contributed by atoms with van der Waals surface area (Å²) in [5, 5.41) is 9.76. The highest BCUT2D eigenvalue weighted by Crippen LogP contribution is 2.27. The van der Waals surface area contributed by atoms with Crippen molar-refractivity contribution in [1.82, 2.24) is 19.7 Å². The van der Waals surface area contributed by atoms with Crippen LogP contribution in [0.5, 0.6) is 11.5 Å². The van der Waals surface area contributed by atoms with Crippen molar-refractivity contribution in [3.05, 3.63) is 41.6 Å². The average molecular weight is 443 g/mol. The molecule has 2 fully saturated rings. The summed E-state index contributed by atoms with van der Waals surface area (Å²) in [7, 11) is 3.45. The van der Waals surface area contributed by atoms with Gasteiger partial charge in [-0.05, 0) is 30.5 Å². The summed E-state index contributed by atoms with van der Waals surface area (Å²) in [6.07, 6.45) is 7.31. The fraction of sp³-hybridized carbons (Fsp3) is 0.583. The average Bonchev–Trinajstić information content (AvgIpc) is 3.29. The van der Waals surface area contributed by atoms with Gasteiger partial charge in [0.1, 0.15) is 6.26 Å². The molecule has 1 aromatic carbocycles. The molecule has 2 heterocycles. The number of oxazole rings is 1. The van der Waals surface area contributed by atoms with Gasteiger partial charge in [-0.25, -0.2) is 4.98 Å². The largest absolute Gasteiger partial charge is 0.504 e. The lowest BCUT2D eigenvalue weighted by atomic mass is 9.94. The van der Waals surface area contributed by atoms with Crippen molar-refractivity contribution in [2.24, 2.45) is 0 Å². The van der Waals surface area contributed by atoms with Crippen LogP contribution in [0.25, 0.3) is 0 Å². The molecule has 32 heavy (non-hydrogen) atoms. The van der Waals surface area contributed by atoms with Crippen molar-refractivity contribution in [2.75, 3.05) is 40.3 Å². The number of phenols is 1. The molecule has 1 aromatic heterocycles. The van der Waals surface area contributed by atoms with Crippen molar-refractivity contribution >= 4 is 5.91 Å². The molecule has 4 rings (SSSR count). The Kier molecular flexibility index (Phi) is 7.32. The number of nitrogens with zero attached hydrogens (tertiary/aromatic N) is 4. The van der Waals surface area contributed by atoms with E-state index >= 15 is 0 Å². The minimum Gasteiger partial charge on any atom is -0.504 e. The Hall–Kier alpha value is -2.58. The summed E-state index contributed by atoms with van der Waals surface area (Å²) in [6.45, 7) is 5.10. The van der Waals surface area contributed by atoms with E-state index in [1.165, 1.54) is 25.5 Å². The number of carbonyl (C=O) groups is 1. The van der Waals surface area contributed by atoms with Crippen molar-refractivity contribution in [3.8, 4) is 11.5 Å². The summed E-state index contributed by atoms with van der Waals surface area (Å²) >= 11 is 0. The topological polar surface area (TPSA) is 82.3 Å². The number of amides is 1. The van der Waals surface area contributed by atoms with Gasteiger partial charge in [0, 0.05) is 45.8 Å². The molecule has 8 heteroatoms. The van der Waals surface area contributed by atoms with E-state index in [4.69, 9.17) is 9.15 Å². The lowest BCUT2D eigenvalue weighted by molar-refractivity contribution is 0.0690. The second-order valence-electron chi connectivity index (χ2n) is 8.89. The van der Waals surface area contributed by atoms with Gasteiger partial charge in [-0.15, -0.1) is 0 Å². The molecule has 0 spiro atoms. The van der Waals surface area contributed by atoms with Crippen molar-refractivity contribution in [2.45, 2.75) is 51.2 Å². The fourth-order valence-electron chi connectivity index (χ4n) is 4.67. The number of aromatic hydroxyl groups is 1. The number of carbonyl (C=O) groups excluding carboxylic acids is 1. The molecule has 8 nitrogen and oxygen atoms in total. The maximum atomic E-state index is 12.8. The molecule has 1 N–H and O–H groups in total. The van der Waals surface area contributed by atoms with Crippen molar-refractivity contribution in [1.29, 1.82) is 0 Å². The third kappa shape index (κ3) is 5.42. The molecule has 0 radical (unpaired) electrons. The van der Waals surface area contributed by atoms with E-state index in [2.05, 4.69) is 14.8 Å². The molecule has 1 aliphatic carbocycles. The fourth-order valence-corrected chi connectivity index (χ4v) is 4.67. The van der Waals surface area contributed by atoms with E-state index in [0.717, 1.165) is 51.1 Å². The summed E-state index contributed by atoms with van der Waals surface area (Å²) in [5.74, 6) is 1.22. The van der Waals surface area contributed by atoms with E-state index < -0.39 is 0 Å². The van der Waals surface area contributed by atoms with Crippen LogP contribution < -0.4 is 4.74 Å². The molecule has 2 aliphatic rings. The van der Waals surface area contributed by atoms with E-state index in [9.17, 15) is 9.90 Å². The van der Waals surface area contributed by atoms with Crippen LogP contribution in [-0.4, -0.2) is 77.1 Å². The van der Waals surface area contributed by atoms with Gasteiger partial charge in [0.05, 0.1) is 13.7 Å². The predicted molar refractivity (Wildman–Crippen MR) is 121 cm³/mol. The van der Waals surface area contributed by atoms with Gasteiger partial charge < -0.3 is 19.2 Å². The van der Waals surface area contributed by atoms with E-state index in [1.54, 1.807) is 13.2 Å². The minimum absolute atomic E-state index is 0.0407. The lowest BCUT2D eigenvalue weighted by Gasteiger charge is -2.34. The van der Waals surface area contributed by atoms with Crippen LogP contribution in [0.1, 0.15) is 54.0 Å². The second-order valence-corrected chi connectivity index (χ2v) is 8.89. The molecule has 174 valence electrons. The first-order valence-corrected chi connectivity index (χ1v) is 11.6. The number of benzene rings is 1. The van der Waals surface area contributed by atoms with Crippen LogP contribution in [0.4, 0.5) is 0 Å². The molecule has 1 amide bonds. The van der Waals surface area contributed by atoms with Crippen LogP contribution in [0.2, 0.25) is 0 Å². The van der Waals surface area contributed by atoms with Crippen molar-refractivity contribution in [3.63, 3.8) is 0 Å². The number of rotatable bonds is 7. The summed E-state index contributed by atoms with van der Waals surface area (Å²) < 4.78 is 10.8. The third-order valence-electron chi connectivity index (χ3n) is 6.69. The minimum atomic E-state index is -0.0407. The molecule has 1 saturated carbocycles. The van der Waals surface area contributed by atoms with Gasteiger partial charge in [0.2, 0.25) is 5.89 Å². The van der Waals surface area contributed by atoms with Crippen LogP contribution in [0.15, 0.2) is 28.9 Å². The number of hydrogen-bond acceptors (Lipinski definition) is 7. The first-order valence-electron chi connectivity index (χ1n) is 11.6. The second kappa shape index (κ2) is 10.4. The van der Waals surface area contributed by atoms with E-state index in [1.807, 2.05) is 24.1 Å². The van der Waals surface area contributed by atoms with Crippen LogP contribution >= 0.6 is 0 Å². The summed E-state index contributed by atoms with van der Waals surface area (Å²) in [6, 6.07) is 5.81. The Morgan fingerprint density at radius 3 is 2.53 bits per heavy atom. The smallest absolute Gasteiger partial charge is 0.275 e. The van der Waals surface area contributed by atoms with Gasteiger partial charge in [-0.2, -0.15) is 0 Å². The van der Waals surface area contributed by atoms with E-state index in [-0.39, 0.29) is 11.7 Å². The maximum absolute atomic E-state index is 12.8. The number of aromatic nitrogens is 1. The van der Waals surface area contributed by atoms with Crippen molar-refractivity contribution < 1.29 is 19.1 Å². The SMILES string of the molecule is COc1cc(CN2CCN(Cc3nc(C(=O)N(C)C4CCCCC4)co3)CC2)ccc1O. The molecule has 1 aliphatic heterocycles. The maximum Gasteiger partial charge on any atom is 0.275 e. The van der Waals surface area contributed by atoms with Gasteiger partial charge in [-0.3, -0.25) is 14.6 Å². The van der Waals surface area contributed by atoms with Gasteiger partial charge in [0.25, 0.3) is 5.91 Å². The Morgan fingerprint density at radius 1 is 1.16 bits per heavy atom. The molecule has 0 unspecified atom stereocenters. The summed E-state index contributed by atoms with van der Waals surface area (Å²) in [4.78, 5) is 23.8. The molecule has 0 bridgehead atoms. The molecule has 2 aromatic rings. The molecular weight excluding hydrogens is 408 g/mol. The first kappa shape index (κ1) is 22.6. The van der Waals surface area contributed by atoms with Crippen LogP contribution in [0, 0.1) is 0 Å². The first-order chi connectivity index (χ1) is 15.5. The van der Waals surface area contributed by atoms with Crippen LogP contribution in [0.3, 0.4) is 0 Å². The standard InChI is InChI=1S/C24H34N4O4/c1-26(19-6-4-3-5-7-19)24(30)20-17-32-23(25-20)16-28-12-10-27(11-13-28)15-18-8-9-21(29)22(14-18)31-2/h8-9,14,17,19,29H,3-7,10-13,15-16H2,1-2H3. The normalized spacial score (nSPS) is 18.6. The van der Waals surface area contributed by atoms with Gasteiger partial charge >= 0.3 is 0 Å². The Morgan fingerprint density at radius 2 is 1.84 bits per heavy atom. The third-order valence-corrected chi connectivity index (χ3v) is 6.69. The van der Waals surface area contributed by atoms with E-state index in [0.29, 0.717) is 29.9 Å². The number of hydrogen-bond donors (Lipinski definition) is 1. The molecule has 1 saturated heterocycles. The monoisotopic (exact) mass is 442 g/mol. The Bertz CT molecular complexity index is 901. The van der Waals surface area contributed by atoms with Gasteiger partial charge in [0.15, 0.2) is 17.2 Å². The summed E-state index contributed by atoms with van der Waals surface area (Å²) in [5.41, 5.74) is 1.53. The molecule has 0 atom stereocenters. The van der Waals surface area contributed by atoms with Crippen LogP contribution in [-0.2, 0) is 13.1 Å². The predicted octanol–water partition coefficient (Wildman–Crippen LogP) is 3.11. The zero-order valence-electron chi connectivity index (χ0n) is 19.1.